The molecule has 4 saturated carbocycles. The van der Waals surface area contributed by atoms with Crippen molar-refractivity contribution in [2.24, 2.45) is 45.3 Å². The van der Waals surface area contributed by atoms with Crippen LogP contribution >= 0.6 is 0 Å². The van der Waals surface area contributed by atoms with E-state index in [0.717, 1.165) is 12.8 Å². The molecule has 4 saturated heterocycles. The van der Waals surface area contributed by atoms with Crippen LogP contribution < -0.4 is 0 Å². The smallest absolute Gasteiger partial charge is 0.187 e. The second-order valence-electron chi connectivity index (χ2n) is 25.7. The molecule has 0 unspecified atom stereocenters. The molecule has 4 heterocycles. The predicted molar refractivity (Wildman–Crippen MR) is 262 cm³/mol. The molecule has 0 radical (unpaired) electrons. The van der Waals surface area contributed by atoms with Gasteiger partial charge in [0.15, 0.2) is 25.2 Å². The SMILES string of the molecule is CC(C)(O)/C=C/C[C@](C)(O[C@@H]1O[C@H](CO[C@@H]2OC[C@H](O)[C@H](O)[C@H]2O)[C@@H](O)[C@H](O)[C@H]1O)[C@H]1CC[C@]2(C)[C@@H]1[C@H](O)C[C@@H]1[C@@]3(C)CC[C@H](O[C@@H]4O[C@H](CO)[C@@H](O)[C@H](O)[C@H]4O[C@@H]4O[C@H](CO)[C@@H](O)[C@H](O)[C@H]4O)C(C)(C)[C@@H]3CC[C@]12C. The summed E-state index contributed by atoms with van der Waals surface area (Å²) >= 11 is 0. The number of ether oxygens (including phenoxy) is 8. The summed E-state index contributed by atoms with van der Waals surface area (Å²) in [5.74, 6) is -0.666. The van der Waals surface area contributed by atoms with Crippen molar-refractivity contribution in [2.75, 3.05) is 26.4 Å². The van der Waals surface area contributed by atoms with E-state index < -0.39 is 171 Å². The van der Waals surface area contributed by atoms with Crippen LogP contribution in [0.15, 0.2) is 12.2 Å². The Balaban J connectivity index is 1.02. The highest BCUT2D eigenvalue weighted by Crippen LogP contribution is 2.76. The van der Waals surface area contributed by atoms with Gasteiger partial charge in [0.25, 0.3) is 0 Å². The maximum atomic E-state index is 12.8. The summed E-state index contributed by atoms with van der Waals surface area (Å²) in [5.41, 5.74) is -4.12. The summed E-state index contributed by atoms with van der Waals surface area (Å²) in [6.45, 7) is 14.1. The fourth-order valence-electron chi connectivity index (χ4n) is 15.9. The molecule has 76 heavy (non-hydrogen) atoms. The number of rotatable bonds is 15. The number of aliphatic hydroxyl groups excluding tert-OH is 14. The van der Waals surface area contributed by atoms with E-state index in [1.807, 2.05) is 6.92 Å². The Bertz CT molecular complexity index is 1980. The molecule has 15 N–H and O–H groups in total. The summed E-state index contributed by atoms with van der Waals surface area (Å²) in [4.78, 5) is 0. The second kappa shape index (κ2) is 22.5. The van der Waals surface area contributed by atoms with Crippen molar-refractivity contribution in [3.8, 4) is 0 Å². The monoisotopic (exact) mass is 1090 g/mol. The first-order valence-electron chi connectivity index (χ1n) is 27.4. The van der Waals surface area contributed by atoms with Gasteiger partial charge in [-0.1, -0.05) is 46.8 Å². The van der Waals surface area contributed by atoms with Gasteiger partial charge < -0.3 is 114 Å². The minimum absolute atomic E-state index is 0.0112. The first-order valence-corrected chi connectivity index (χ1v) is 27.4. The van der Waals surface area contributed by atoms with Gasteiger partial charge in [0.2, 0.25) is 0 Å². The average molecular weight is 1100 g/mol. The van der Waals surface area contributed by atoms with Crippen LogP contribution in [0.2, 0.25) is 0 Å². The Morgan fingerprint density at radius 3 is 1.76 bits per heavy atom. The van der Waals surface area contributed by atoms with Gasteiger partial charge in [0, 0.05) is 0 Å². The number of fused-ring (bicyclic) bond motifs is 5. The van der Waals surface area contributed by atoms with Crippen LogP contribution in [0.4, 0.5) is 0 Å². The first-order chi connectivity index (χ1) is 35.4. The van der Waals surface area contributed by atoms with Gasteiger partial charge >= 0.3 is 0 Å². The zero-order valence-corrected chi connectivity index (χ0v) is 45.0. The van der Waals surface area contributed by atoms with Gasteiger partial charge in [0.05, 0.1) is 49.8 Å². The molecular formula is C53H90O23. The third kappa shape index (κ3) is 10.8. The van der Waals surface area contributed by atoms with Crippen molar-refractivity contribution in [3.05, 3.63) is 12.2 Å². The molecule has 8 fully saturated rings. The maximum absolute atomic E-state index is 12.8. The van der Waals surface area contributed by atoms with E-state index in [-0.39, 0.29) is 47.5 Å². The minimum atomic E-state index is -1.82. The Morgan fingerprint density at radius 1 is 0.566 bits per heavy atom. The van der Waals surface area contributed by atoms with Crippen LogP contribution in [0.25, 0.3) is 0 Å². The molecule has 0 spiro atoms. The molecule has 23 heteroatoms. The molecule has 23 nitrogen and oxygen atoms in total. The minimum Gasteiger partial charge on any atom is -0.394 e. The number of aliphatic hydroxyl groups is 15. The Hall–Kier alpha value is -1.18. The number of hydrogen-bond donors (Lipinski definition) is 15. The predicted octanol–water partition coefficient (Wildman–Crippen LogP) is -2.59. The van der Waals surface area contributed by atoms with Gasteiger partial charge in [-0.3, -0.25) is 0 Å². The van der Waals surface area contributed by atoms with Crippen molar-refractivity contribution in [1.29, 1.82) is 0 Å². The molecule has 4 aliphatic carbocycles. The van der Waals surface area contributed by atoms with Gasteiger partial charge in [-0.25, -0.2) is 0 Å². The third-order valence-electron chi connectivity index (χ3n) is 20.4. The standard InChI is InChI=1S/C53H90O23/c1-48(2,68)13-9-14-53(8,76-46-42(67)38(63)36(61)28(73-46)22-70-44-40(65)33(58)25(57)21-69-44)23-10-16-52(7)32(23)24(56)18-30-50(5)15-12-31(49(3,4)29(50)11-17-51(30,52)6)74-47-43(39(64)35(60)27(20-55)72-47)75-45-41(66)37(62)34(59)26(19-54)71-45/h9,13,23-47,54-68H,10-12,14-22H2,1-8H3/b13-9+/t23-,24+,25-,26+,27+,28+,29-,30+,31-,32-,33-,34+,35+,36+,37-,38-,39-,40+,41+,42+,43+,44-,45-,46-,47-,50-,51+,52+,53-/m0/s1. The maximum Gasteiger partial charge on any atom is 0.187 e. The van der Waals surface area contributed by atoms with Gasteiger partial charge in [-0.15, -0.1) is 0 Å². The first kappa shape index (κ1) is 60.9. The zero-order chi connectivity index (χ0) is 56.0. The molecular weight excluding hydrogens is 1000 g/mol. The van der Waals surface area contributed by atoms with Gasteiger partial charge in [-0.05, 0) is 117 Å². The summed E-state index contributed by atoms with van der Waals surface area (Å²) < 4.78 is 48.6. The molecule has 8 rings (SSSR count). The molecule has 0 aromatic heterocycles. The lowest BCUT2D eigenvalue weighted by Gasteiger charge is -2.71. The lowest BCUT2D eigenvalue weighted by molar-refractivity contribution is -0.378. The van der Waals surface area contributed by atoms with Crippen molar-refractivity contribution in [3.63, 3.8) is 0 Å². The van der Waals surface area contributed by atoms with E-state index >= 15 is 0 Å². The van der Waals surface area contributed by atoms with Crippen LogP contribution in [-0.2, 0) is 37.9 Å². The van der Waals surface area contributed by atoms with E-state index in [9.17, 15) is 76.6 Å². The summed E-state index contributed by atoms with van der Waals surface area (Å²) in [5, 5.41) is 162. The molecule has 4 aliphatic heterocycles. The van der Waals surface area contributed by atoms with Crippen LogP contribution in [-0.4, -0.2) is 243 Å². The summed E-state index contributed by atoms with van der Waals surface area (Å²) in [6.07, 6.45) is -23.1. The van der Waals surface area contributed by atoms with E-state index in [4.69, 9.17) is 37.9 Å². The molecule has 29 atom stereocenters. The fraction of sp³-hybridized carbons (Fsp3) is 0.962. The van der Waals surface area contributed by atoms with Crippen molar-refractivity contribution < 1.29 is 114 Å². The molecule has 8 aliphatic rings. The van der Waals surface area contributed by atoms with Crippen molar-refractivity contribution >= 4 is 0 Å². The van der Waals surface area contributed by atoms with Crippen LogP contribution in [0.3, 0.4) is 0 Å². The van der Waals surface area contributed by atoms with E-state index in [2.05, 4.69) is 34.6 Å². The molecule has 0 aromatic rings. The van der Waals surface area contributed by atoms with E-state index in [0.29, 0.717) is 32.1 Å². The van der Waals surface area contributed by atoms with Crippen molar-refractivity contribution in [1.82, 2.24) is 0 Å². The second-order valence-corrected chi connectivity index (χ2v) is 25.7. The van der Waals surface area contributed by atoms with E-state index in [1.165, 1.54) is 0 Å². The molecule has 0 aromatic carbocycles. The van der Waals surface area contributed by atoms with Crippen LogP contribution in [0, 0.1) is 45.3 Å². The highest BCUT2D eigenvalue weighted by molar-refractivity contribution is 5.21. The quantitative estimate of drug-likeness (QED) is 0.0591. The van der Waals surface area contributed by atoms with Crippen LogP contribution in [0.1, 0.15) is 107 Å². The Kier molecular flexibility index (Phi) is 18.1. The lowest BCUT2D eigenvalue weighted by atomic mass is 9.35. The van der Waals surface area contributed by atoms with Gasteiger partial charge in [0.1, 0.15) is 91.6 Å². The molecule has 0 amide bonds. The molecule has 0 bridgehead atoms. The zero-order valence-electron chi connectivity index (χ0n) is 45.0. The normalized spacial score (nSPS) is 52.6. The topological polar surface area (TPSA) is 377 Å². The van der Waals surface area contributed by atoms with E-state index in [1.54, 1.807) is 26.0 Å². The highest BCUT2D eigenvalue weighted by atomic mass is 16.8. The Labute approximate surface area is 444 Å². The lowest BCUT2D eigenvalue weighted by Crippen LogP contribution is -2.68. The average Bonchev–Trinajstić information content (AvgIpc) is 3.74. The number of hydrogen-bond acceptors (Lipinski definition) is 23. The highest BCUT2D eigenvalue weighted by Gasteiger charge is 2.72. The van der Waals surface area contributed by atoms with Crippen molar-refractivity contribution in [2.45, 2.75) is 247 Å². The van der Waals surface area contributed by atoms with Crippen LogP contribution in [0.5, 0.6) is 0 Å². The molecule has 440 valence electrons. The summed E-state index contributed by atoms with van der Waals surface area (Å²) in [7, 11) is 0. The fourth-order valence-corrected chi connectivity index (χ4v) is 15.9. The summed E-state index contributed by atoms with van der Waals surface area (Å²) in [6, 6.07) is 0. The largest absolute Gasteiger partial charge is 0.394 e. The third-order valence-corrected chi connectivity index (χ3v) is 20.4. The Morgan fingerprint density at radius 2 is 1.13 bits per heavy atom. The van der Waals surface area contributed by atoms with Gasteiger partial charge in [-0.2, -0.15) is 0 Å².